The van der Waals surface area contributed by atoms with Crippen LogP contribution in [0, 0.1) is 5.92 Å². The Labute approximate surface area is 110 Å². The molecule has 1 aromatic rings. The molecule has 6 nitrogen and oxygen atoms in total. The number of amides is 4. The Balaban J connectivity index is 2.08. The third kappa shape index (κ3) is 2.90. The van der Waals surface area contributed by atoms with Gasteiger partial charge in [0.1, 0.15) is 6.04 Å². The van der Waals surface area contributed by atoms with Crippen LogP contribution in [0.5, 0.6) is 0 Å². The lowest BCUT2D eigenvalue weighted by Crippen LogP contribution is -2.22. The number of nitrogens with one attached hydrogen (secondary N) is 3. The molecular formula is C13H15N3O3. The second-order valence-electron chi connectivity index (χ2n) is 4.66. The number of hydrogen-bond donors (Lipinski definition) is 3. The molecule has 1 aliphatic rings. The number of rotatable bonds is 3. The number of carbonyl (C=O) groups excluding carboxylic acids is 3. The van der Waals surface area contributed by atoms with Crippen LogP contribution in [0.4, 0.5) is 10.5 Å². The van der Waals surface area contributed by atoms with Gasteiger partial charge >= 0.3 is 6.03 Å². The summed E-state index contributed by atoms with van der Waals surface area (Å²) in [6.45, 7) is 3.62. The molecule has 1 aliphatic heterocycles. The second-order valence-corrected chi connectivity index (χ2v) is 4.66. The summed E-state index contributed by atoms with van der Waals surface area (Å²) in [6, 6.07) is 5.65. The van der Waals surface area contributed by atoms with Crippen LogP contribution < -0.4 is 16.0 Å². The Morgan fingerprint density at radius 2 is 1.84 bits per heavy atom. The van der Waals surface area contributed by atoms with Gasteiger partial charge in [0.05, 0.1) is 0 Å². The van der Waals surface area contributed by atoms with Crippen molar-refractivity contribution in [1.82, 2.24) is 10.6 Å². The van der Waals surface area contributed by atoms with Crippen molar-refractivity contribution in [3.63, 3.8) is 0 Å². The van der Waals surface area contributed by atoms with Gasteiger partial charge in [0.25, 0.3) is 5.91 Å². The topological polar surface area (TPSA) is 87.3 Å². The van der Waals surface area contributed by atoms with E-state index in [1.807, 2.05) is 13.8 Å². The monoisotopic (exact) mass is 261 g/mol. The van der Waals surface area contributed by atoms with Crippen molar-refractivity contribution in [3.05, 3.63) is 29.8 Å². The van der Waals surface area contributed by atoms with Crippen molar-refractivity contribution in [2.75, 3.05) is 5.32 Å². The first kappa shape index (κ1) is 13.1. The Kier molecular flexibility index (Phi) is 3.50. The molecular weight excluding hydrogens is 246 g/mol. The molecule has 1 fully saturated rings. The van der Waals surface area contributed by atoms with Gasteiger partial charge in [-0.2, -0.15) is 0 Å². The summed E-state index contributed by atoms with van der Waals surface area (Å²) in [7, 11) is 0. The minimum Gasteiger partial charge on any atom is -0.326 e. The molecule has 6 heteroatoms. The first-order valence-electron chi connectivity index (χ1n) is 5.99. The van der Waals surface area contributed by atoms with Crippen LogP contribution in [0.2, 0.25) is 0 Å². The summed E-state index contributed by atoms with van der Waals surface area (Å²) in [5.74, 6) is -0.539. The van der Waals surface area contributed by atoms with E-state index in [-0.39, 0.29) is 17.7 Å². The summed E-state index contributed by atoms with van der Waals surface area (Å²) in [4.78, 5) is 34.0. The van der Waals surface area contributed by atoms with E-state index < -0.39 is 12.1 Å². The summed E-state index contributed by atoms with van der Waals surface area (Å²) in [5, 5.41) is 7.43. The predicted octanol–water partition coefficient (Wildman–Crippen LogP) is 1.16. The van der Waals surface area contributed by atoms with Crippen LogP contribution in [-0.4, -0.2) is 17.8 Å². The average Bonchev–Trinajstić information content (AvgIpc) is 2.69. The van der Waals surface area contributed by atoms with Gasteiger partial charge in [-0.15, -0.1) is 0 Å². The van der Waals surface area contributed by atoms with Crippen molar-refractivity contribution in [1.29, 1.82) is 0 Å². The lowest BCUT2D eigenvalue weighted by molar-refractivity contribution is -0.120. The van der Waals surface area contributed by atoms with Crippen molar-refractivity contribution < 1.29 is 14.4 Å². The predicted molar refractivity (Wildman–Crippen MR) is 69.3 cm³/mol. The molecule has 0 bridgehead atoms. The molecule has 4 amide bonds. The van der Waals surface area contributed by atoms with Gasteiger partial charge in [0, 0.05) is 11.6 Å². The van der Waals surface area contributed by atoms with Crippen LogP contribution in [0.15, 0.2) is 24.3 Å². The Hall–Kier alpha value is -2.37. The first-order valence-corrected chi connectivity index (χ1v) is 5.99. The van der Waals surface area contributed by atoms with E-state index in [0.29, 0.717) is 11.3 Å². The fourth-order valence-electron chi connectivity index (χ4n) is 1.70. The zero-order valence-corrected chi connectivity index (χ0v) is 10.7. The number of imide groups is 1. The summed E-state index contributed by atoms with van der Waals surface area (Å²) >= 11 is 0. The van der Waals surface area contributed by atoms with E-state index in [9.17, 15) is 14.4 Å². The molecule has 1 atom stereocenters. The fraction of sp³-hybridized carbons (Fsp3) is 0.308. The van der Waals surface area contributed by atoms with E-state index in [4.69, 9.17) is 0 Å². The molecule has 0 spiro atoms. The van der Waals surface area contributed by atoms with Gasteiger partial charge in [0.15, 0.2) is 0 Å². The highest BCUT2D eigenvalue weighted by atomic mass is 16.2. The minimum atomic E-state index is -0.664. The molecule has 2 rings (SSSR count). The Morgan fingerprint density at radius 1 is 1.21 bits per heavy atom. The number of benzene rings is 1. The smallest absolute Gasteiger partial charge is 0.322 e. The van der Waals surface area contributed by atoms with E-state index in [0.717, 1.165) is 0 Å². The highest BCUT2D eigenvalue weighted by Crippen LogP contribution is 2.19. The third-order valence-electron chi connectivity index (χ3n) is 2.81. The molecule has 0 aromatic heterocycles. The van der Waals surface area contributed by atoms with Gasteiger partial charge in [-0.25, -0.2) is 4.79 Å². The first-order chi connectivity index (χ1) is 8.97. The molecule has 100 valence electrons. The highest BCUT2D eigenvalue weighted by Gasteiger charge is 2.30. The van der Waals surface area contributed by atoms with E-state index in [2.05, 4.69) is 16.0 Å². The minimum absolute atomic E-state index is 0.0698. The quantitative estimate of drug-likeness (QED) is 0.713. The highest BCUT2D eigenvalue weighted by molar-refractivity contribution is 6.04. The molecule has 0 saturated carbocycles. The summed E-state index contributed by atoms with van der Waals surface area (Å²) < 4.78 is 0. The molecule has 0 radical (unpaired) electrons. The fourth-order valence-corrected chi connectivity index (χ4v) is 1.70. The van der Waals surface area contributed by atoms with Crippen molar-refractivity contribution in [2.45, 2.75) is 19.9 Å². The average molecular weight is 261 g/mol. The van der Waals surface area contributed by atoms with E-state index >= 15 is 0 Å². The largest absolute Gasteiger partial charge is 0.326 e. The zero-order valence-electron chi connectivity index (χ0n) is 10.7. The second kappa shape index (κ2) is 5.09. The molecule has 1 aromatic carbocycles. The maximum Gasteiger partial charge on any atom is 0.322 e. The molecule has 1 heterocycles. The lowest BCUT2D eigenvalue weighted by Gasteiger charge is -2.10. The SMILES string of the molecule is CC(C)C(=O)Nc1ccc(C2NC(=O)NC2=O)cc1. The van der Waals surface area contributed by atoms with Gasteiger partial charge in [0.2, 0.25) is 5.91 Å². The van der Waals surface area contributed by atoms with Gasteiger partial charge in [-0.3, -0.25) is 14.9 Å². The van der Waals surface area contributed by atoms with Crippen LogP contribution in [0.1, 0.15) is 25.5 Å². The van der Waals surface area contributed by atoms with Crippen LogP contribution >= 0.6 is 0 Å². The lowest BCUT2D eigenvalue weighted by atomic mass is 10.1. The van der Waals surface area contributed by atoms with Gasteiger partial charge < -0.3 is 10.6 Å². The zero-order chi connectivity index (χ0) is 14.0. The van der Waals surface area contributed by atoms with Crippen molar-refractivity contribution >= 4 is 23.5 Å². The number of hydrogen-bond acceptors (Lipinski definition) is 3. The maximum atomic E-state index is 11.5. The maximum absolute atomic E-state index is 11.5. The molecule has 19 heavy (non-hydrogen) atoms. The van der Waals surface area contributed by atoms with Gasteiger partial charge in [-0.1, -0.05) is 26.0 Å². The molecule has 1 unspecified atom stereocenters. The van der Waals surface area contributed by atoms with Crippen LogP contribution in [0.3, 0.4) is 0 Å². The molecule has 1 saturated heterocycles. The Bertz CT molecular complexity index is 522. The van der Waals surface area contributed by atoms with Crippen LogP contribution in [-0.2, 0) is 9.59 Å². The van der Waals surface area contributed by atoms with E-state index in [1.54, 1.807) is 24.3 Å². The molecule has 0 aliphatic carbocycles. The third-order valence-corrected chi connectivity index (χ3v) is 2.81. The van der Waals surface area contributed by atoms with Crippen molar-refractivity contribution in [3.8, 4) is 0 Å². The van der Waals surface area contributed by atoms with Crippen LogP contribution in [0.25, 0.3) is 0 Å². The van der Waals surface area contributed by atoms with Gasteiger partial charge in [-0.05, 0) is 17.7 Å². The Morgan fingerprint density at radius 3 is 2.32 bits per heavy atom. The number of anilines is 1. The number of urea groups is 1. The molecule has 3 N–H and O–H groups in total. The summed E-state index contributed by atoms with van der Waals surface area (Å²) in [5.41, 5.74) is 1.33. The standard InChI is InChI=1S/C13H15N3O3/c1-7(2)11(17)14-9-5-3-8(4-6-9)10-12(18)16-13(19)15-10/h3-7,10H,1-2H3,(H,14,17)(H2,15,16,18,19). The normalized spacial score (nSPS) is 18.2. The van der Waals surface area contributed by atoms with Crippen molar-refractivity contribution in [2.24, 2.45) is 5.92 Å². The van der Waals surface area contributed by atoms with E-state index in [1.165, 1.54) is 0 Å². The summed E-state index contributed by atoms with van der Waals surface area (Å²) in [6.07, 6.45) is 0. The number of carbonyl (C=O) groups is 3.